The van der Waals surface area contributed by atoms with E-state index in [1.54, 1.807) is 66.4 Å². The molecule has 1 atom stereocenters. The Kier molecular flexibility index (Phi) is 8.97. The fourth-order valence-corrected chi connectivity index (χ4v) is 4.02. The maximum absolute atomic E-state index is 13.3. The molecule has 1 saturated heterocycles. The van der Waals surface area contributed by atoms with Gasteiger partial charge in [-0.05, 0) is 74.1 Å². The van der Waals surface area contributed by atoms with E-state index in [1.807, 2.05) is 6.92 Å². The molecule has 0 saturated carbocycles. The Morgan fingerprint density at radius 2 is 1.80 bits per heavy atom. The van der Waals surface area contributed by atoms with Crippen LogP contribution in [0.2, 0.25) is 0 Å². The predicted octanol–water partition coefficient (Wildman–Crippen LogP) is 4.17. The van der Waals surface area contributed by atoms with Crippen molar-refractivity contribution in [2.45, 2.75) is 32.7 Å². The number of thiocarbonyl (C=S) groups is 1. The zero-order chi connectivity index (χ0) is 25.4. The van der Waals surface area contributed by atoms with Gasteiger partial charge in [0, 0.05) is 12.2 Å². The van der Waals surface area contributed by atoms with Crippen LogP contribution in [-0.4, -0.2) is 53.6 Å². The molecule has 2 amide bonds. The van der Waals surface area contributed by atoms with E-state index in [4.69, 9.17) is 21.7 Å². The maximum Gasteiger partial charge on any atom is 0.338 e. The molecule has 8 nitrogen and oxygen atoms in total. The molecule has 1 aliphatic heterocycles. The van der Waals surface area contributed by atoms with Crippen LogP contribution in [0.5, 0.6) is 5.75 Å². The van der Waals surface area contributed by atoms with Crippen LogP contribution in [0.4, 0.5) is 11.4 Å². The summed E-state index contributed by atoms with van der Waals surface area (Å²) in [4.78, 5) is 41.1. The van der Waals surface area contributed by atoms with E-state index >= 15 is 0 Å². The molecule has 0 aromatic heterocycles. The number of rotatable bonds is 11. The molecule has 9 heteroatoms. The minimum Gasteiger partial charge on any atom is -0.494 e. The number of nitrogens with one attached hydrogen (secondary N) is 1. The fourth-order valence-electron chi connectivity index (χ4n) is 3.62. The molecule has 2 aromatic carbocycles. The van der Waals surface area contributed by atoms with Gasteiger partial charge in [-0.25, -0.2) is 4.79 Å². The number of nitrogens with zero attached hydrogens (tertiary/aromatic N) is 2. The summed E-state index contributed by atoms with van der Waals surface area (Å²) in [6.07, 6.45) is 2.45. The lowest BCUT2D eigenvalue weighted by molar-refractivity contribution is -0.124. The second-order valence-corrected chi connectivity index (χ2v) is 8.17. The standard InChI is InChI=1S/C26H29N3O5S/c1-4-15-28-22(17-23(30)27-19-9-13-21(14-10-19)34-16-5-2)24(31)29(26(28)35)20-11-7-18(8-12-20)25(32)33-6-3/h4,7-14,22H,1,5-6,15-17H2,2-3H3,(H,27,30)/t22-/m1/s1. The summed E-state index contributed by atoms with van der Waals surface area (Å²) in [6.45, 7) is 8.71. The van der Waals surface area contributed by atoms with Crippen molar-refractivity contribution in [3.05, 3.63) is 66.7 Å². The summed E-state index contributed by atoms with van der Waals surface area (Å²) in [5.74, 6) is -0.355. The fraction of sp³-hybridized carbons (Fsp3) is 0.308. The highest BCUT2D eigenvalue weighted by Crippen LogP contribution is 2.28. The second-order valence-electron chi connectivity index (χ2n) is 7.81. The Labute approximate surface area is 210 Å². The van der Waals surface area contributed by atoms with Crippen molar-refractivity contribution in [2.24, 2.45) is 0 Å². The topological polar surface area (TPSA) is 88.2 Å². The lowest BCUT2D eigenvalue weighted by atomic mass is 10.1. The number of anilines is 2. The molecular weight excluding hydrogens is 466 g/mol. The number of carbonyl (C=O) groups excluding carboxylic acids is 3. The minimum absolute atomic E-state index is 0.0850. The Bertz CT molecular complexity index is 1090. The van der Waals surface area contributed by atoms with Crippen LogP contribution in [0.25, 0.3) is 0 Å². The zero-order valence-corrected chi connectivity index (χ0v) is 20.7. The third kappa shape index (κ3) is 6.24. The van der Waals surface area contributed by atoms with Crippen molar-refractivity contribution in [1.82, 2.24) is 4.90 Å². The van der Waals surface area contributed by atoms with E-state index < -0.39 is 12.0 Å². The average molecular weight is 496 g/mol. The molecule has 35 heavy (non-hydrogen) atoms. The number of hydrogen-bond donors (Lipinski definition) is 1. The molecular formula is C26H29N3O5S. The third-order valence-electron chi connectivity index (χ3n) is 5.27. The van der Waals surface area contributed by atoms with E-state index in [2.05, 4.69) is 11.9 Å². The number of amides is 2. The molecule has 1 aliphatic rings. The van der Waals surface area contributed by atoms with E-state index in [0.29, 0.717) is 30.1 Å². The Hall–Kier alpha value is -3.72. The van der Waals surface area contributed by atoms with E-state index in [0.717, 1.165) is 12.2 Å². The van der Waals surface area contributed by atoms with Crippen LogP contribution < -0.4 is 15.0 Å². The van der Waals surface area contributed by atoms with Gasteiger partial charge in [-0.15, -0.1) is 6.58 Å². The average Bonchev–Trinajstić information content (AvgIpc) is 3.08. The maximum atomic E-state index is 13.3. The monoisotopic (exact) mass is 495 g/mol. The number of esters is 1. The first-order valence-electron chi connectivity index (χ1n) is 11.4. The molecule has 0 bridgehead atoms. The van der Waals surface area contributed by atoms with Gasteiger partial charge in [0.05, 0.1) is 30.9 Å². The lowest BCUT2D eigenvalue weighted by Crippen LogP contribution is -2.37. The van der Waals surface area contributed by atoms with Gasteiger partial charge in [0.15, 0.2) is 5.11 Å². The van der Waals surface area contributed by atoms with Gasteiger partial charge in [0.25, 0.3) is 5.91 Å². The summed E-state index contributed by atoms with van der Waals surface area (Å²) in [7, 11) is 0. The van der Waals surface area contributed by atoms with Crippen LogP contribution in [0, 0.1) is 0 Å². The number of benzene rings is 2. The molecule has 0 spiro atoms. The summed E-state index contributed by atoms with van der Waals surface area (Å²) in [5.41, 5.74) is 1.49. The van der Waals surface area contributed by atoms with Crippen molar-refractivity contribution < 1.29 is 23.9 Å². The highest BCUT2D eigenvalue weighted by Gasteiger charge is 2.43. The molecule has 1 fully saturated rings. The first-order valence-corrected chi connectivity index (χ1v) is 11.9. The van der Waals surface area contributed by atoms with E-state index in [9.17, 15) is 14.4 Å². The van der Waals surface area contributed by atoms with Gasteiger partial charge in [-0.2, -0.15) is 0 Å². The predicted molar refractivity (Wildman–Crippen MR) is 139 cm³/mol. The van der Waals surface area contributed by atoms with Crippen LogP contribution >= 0.6 is 12.2 Å². The molecule has 0 radical (unpaired) electrons. The molecule has 2 aromatic rings. The SMILES string of the molecule is C=CCN1C(=S)N(c2ccc(C(=O)OCC)cc2)C(=O)[C@H]1CC(=O)Nc1ccc(OCCC)cc1. The summed E-state index contributed by atoms with van der Waals surface area (Å²) in [5, 5.41) is 3.10. The summed E-state index contributed by atoms with van der Waals surface area (Å²) < 4.78 is 10.6. The largest absolute Gasteiger partial charge is 0.494 e. The van der Waals surface area contributed by atoms with Crippen LogP contribution in [-0.2, 0) is 14.3 Å². The molecule has 0 aliphatic carbocycles. The van der Waals surface area contributed by atoms with Gasteiger partial charge in [0.1, 0.15) is 11.8 Å². The number of hydrogen-bond acceptors (Lipinski definition) is 6. The van der Waals surface area contributed by atoms with Crippen molar-refractivity contribution in [3.8, 4) is 5.75 Å². The first-order chi connectivity index (χ1) is 16.9. The first kappa shape index (κ1) is 25.9. The highest BCUT2D eigenvalue weighted by molar-refractivity contribution is 7.80. The third-order valence-corrected chi connectivity index (χ3v) is 5.69. The quantitative estimate of drug-likeness (QED) is 0.284. The molecule has 1 N–H and O–H groups in total. The van der Waals surface area contributed by atoms with E-state index in [-0.39, 0.29) is 30.0 Å². The summed E-state index contributed by atoms with van der Waals surface area (Å²) in [6, 6.07) is 12.7. The van der Waals surface area contributed by atoms with Gasteiger partial charge >= 0.3 is 5.97 Å². The Morgan fingerprint density at radius 3 is 2.40 bits per heavy atom. The second kappa shape index (κ2) is 12.1. The van der Waals surface area contributed by atoms with Crippen LogP contribution in [0.1, 0.15) is 37.0 Å². The Balaban J connectivity index is 1.72. The van der Waals surface area contributed by atoms with Crippen LogP contribution in [0.3, 0.4) is 0 Å². The van der Waals surface area contributed by atoms with Gasteiger partial charge < -0.3 is 19.7 Å². The van der Waals surface area contributed by atoms with Gasteiger partial charge in [-0.1, -0.05) is 13.0 Å². The smallest absolute Gasteiger partial charge is 0.338 e. The molecule has 0 unspecified atom stereocenters. The molecule has 184 valence electrons. The normalized spacial score (nSPS) is 15.2. The molecule has 3 rings (SSSR count). The zero-order valence-electron chi connectivity index (χ0n) is 19.9. The minimum atomic E-state index is -0.780. The van der Waals surface area contributed by atoms with Gasteiger partial charge in [0.2, 0.25) is 5.91 Å². The van der Waals surface area contributed by atoms with E-state index in [1.165, 1.54) is 4.90 Å². The van der Waals surface area contributed by atoms with Gasteiger partial charge in [-0.3, -0.25) is 14.5 Å². The summed E-state index contributed by atoms with van der Waals surface area (Å²) >= 11 is 5.57. The lowest BCUT2D eigenvalue weighted by Gasteiger charge is -2.22. The number of ether oxygens (including phenoxy) is 2. The molecule has 1 heterocycles. The van der Waals surface area contributed by atoms with Crippen molar-refractivity contribution in [2.75, 3.05) is 30.0 Å². The van der Waals surface area contributed by atoms with Crippen molar-refractivity contribution in [1.29, 1.82) is 0 Å². The number of carbonyl (C=O) groups is 3. The van der Waals surface area contributed by atoms with Crippen LogP contribution in [0.15, 0.2) is 61.2 Å². The highest BCUT2D eigenvalue weighted by atomic mass is 32.1. The van der Waals surface area contributed by atoms with Crippen molar-refractivity contribution in [3.63, 3.8) is 0 Å². The van der Waals surface area contributed by atoms with Crippen molar-refractivity contribution >= 4 is 46.5 Å². The Morgan fingerprint density at radius 1 is 1.11 bits per heavy atom.